The molecule has 10 nitrogen and oxygen atoms in total. The maximum Gasteiger partial charge on any atom is 0.359 e. The highest BCUT2D eigenvalue weighted by Gasteiger charge is 2.60. The van der Waals surface area contributed by atoms with Crippen molar-refractivity contribution in [2.45, 2.75) is 66.0 Å². The zero-order valence-electron chi connectivity index (χ0n) is 22.1. The Hall–Kier alpha value is 1.09. The largest absolute Gasteiger partial charge is 0.359 e. The van der Waals surface area contributed by atoms with Crippen molar-refractivity contribution < 1.29 is 45.3 Å². The van der Waals surface area contributed by atoms with E-state index in [0.29, 0.717) is 31.1 Å². The van der Waals surface area contributed by atoms with Gasteiger partial charge in [-0.15, -0.1) is 11.8 Å². The fraction of sp³-hybridized carbons (Fsp3) is 0.900. The molecule has 0 amide bonds. The summed E-state index contributed by atoms with van der Waals surface area (Å²) in [6.45, 7) is 16.4. The van der Waals surface area contributed by atoms with Crippen molar-refractivity contribution in [1.29, 1.82) is 0 Å². The molecule has 208 valence electrons. The number of hydrogen-bond acceptors (Lipinski definition) is 11. The van der Waals surface area contributed by atoms with Crippen molar-refractivity contribution in [3.8, 4) is 0 Å². The van der Waals surface area contributed by atoms with Crippen molar-refractivity contribution in [1.82, 2.24) is 0 Å². The second-order valence-electron chi connectivity index (χ2n) is 6.57. The minimum atomic E-state index is -3.96. The van der Waals surface area contributed by atoms with Crippen LogP contribution < -0.4 is 0 Å². The lowest BCUT2D eigenvalue weighted by molar-refractivity contribution is 0.208. The fourth-order valence-corrected chi connectivity index (χ4v) is 16.1. The summed E-state index contributed by atoms with van der Waals surface area (Å²) in [5.41, 5.74) is -0.999. The van der Waals surface area contributed by atoms with Gasteiger partial charge in [0.05, 0.1) is 67.8 Å². The van der Waals surface area contributed by atoms with E-state index >= 15 is 0 Å². The molecule has 35 heavy (non-hydrogen) atoms. The molecular weight excluding hydrogens is 556 g/mol. The molecule has 1 aliphatic rings. The Balaban J connectivity index is 3.98. The smallest absolute Gasteiger partial charge is 0.334 e. The molecule has 0 aliphatic carbocycles. The van der Waals surface area contributed by atoms with Crippen LogP contribution in [0, 0.1) is 0 Å². The van der Waals surface area contributed by atoms with E-state index in [-0.39, 0.29) is 31.7 Å². The molecule has 1 rings (SSSR count). The highest BCUT2D eigenvalue weighted by Crippen LogP contribution is 2.80. The molecule has 0 radical (unpaired) electrons. The van der Waals surface area contributed by atoms with Crippen molar-refractivity contribution in [3.05, 3.63) is 9.96 Å². The summed E-state index contributed by atoms with van der Waals surface area (Å²) in [7, 11) is -11.1. The molecule has 0 N–H and O–H groups in total. The van der Waals surface area contributed by atoms with E-state index in [9.17, 15) is 9.13 Å². The lowest BCUT2D eigenvalue weighted by Gasteiger charge is -2.33. The van der Waals surface area contributed by atoms with Crippen molar-refractivity contribution in [3.63, 3.8) is 0 Å². The average molecular weight is 599 g/mol. The van der Waals surface area contributed by atoms with Crippen LogP contribution in [0.5, 0.6) is 0 Å². The zero-order valence-corrected chi connectivity index (χ0v) is 26.5. The lowest BCUT2D eigenvalue weighted by atomic mass is 10.4. The zero-order chi connectivity index (χ0) is 26.5. The molecular formula is C20H42O10P4S. The van der Waals surface area contributed by atoms with Crippen molar-refractivity contribution in [2.24, 2.45) is 0 Å². The van der Waals surface area contributed by atoms with E-state index in [0.717, 1.165) is 0 Å². The normalized spacial score (nSPS) is 19.5. The Labute approximate surface area is 217 Å². The minimum Gasteiger partial charge on any atom is -0.334 e. The third-order valence-electron chi connectivity index (χ3n) is 4.23. The van der Waals surface area contributed by atoms with Crippen molar-refractivity contribution >= 4 is 43.7 Å². The summed E-state index contributed by atoms with van der Waals surface area (Å²) in [5, 5.41) is 0.223. The number of thioether (sulfide) groups is 1. The van der Waals surface area contributed by atoms with Crippen LogP contribution in [-0.2, 0) is 45.3 Å². The van der Waals surface area contributed by atoms with Crippen LogP contribution in [0.4, 0.5) is 0 Å². The van der Waals surface area contributed by atoms with Gasteiger partial charge in [0.1, 0.15) is 5.66 Å². The molecule has 0 aromatic heterocycles. The van der Waals surface area contributed by atoms with Gasteiger partial charge in [0.2, 0.25) is 8.38 Å². The second kappa shape index (κ2) is 17.6. The highest BCUT2D eigenvalue weighted by atomic mass is 32.2. The molecule has 0 aromatic rings. The topological polar surface area (TPSA) is 108 Å². The summed E-state index contributed by atoms with van der Waals surface area (Å²) in [6, 6.07) is 0. The van der Waals surface area contributed by atoms with E-state index in [1.165, 1.54) is 11.8 Å². The number of rotatable bonds is 20. The van der Waals surface area contributed by atoms with Gasteiger partial charge in [0.15, 0.2) is 8.38 Å². The first kappa shape index (κ1) is 34.1. The van der Waals surface area contributed by atoms with Gasteiger partial charge in [0, 0.05) is 0 Å². The van der Waals surface area contributed by atoms with Gasteiger partial charge in [-0.25, -0.2) is 0 Å². The molecule has 0 spiro atoms. The van der Waals surface area contributed by atoms with Crippen LogP contribution in [0.15, 0.2) is 9.96 Å². The molecule has 0 aromatic carbocycles. The first-order chi connectivity index (χ1) is 16.8. The molecule has 0 unspecified atom stereocenters. The molecule has 15 heteroatoms. The minimum absolute atomic E-state index is 0.122. The predicted octanol–water partition coefficient (Wildman–Crippen LogP) is 7.90. The molecule has 0 fully saturated rings. The van der Waals surface area contributed by atoms with E-state index < -0.39 is 42.6 Å². The van der Waals surface area contributed by atoms with E-state index in [4.69, 9.17) is 36.2 Å². The van der Waals surface area contributed by atoms with Crippen molar-refractivity contribution in [2.75, 3.05) is 52.9 Å². The summed E-state index contributed by atoms with van der Waals surface area (Å²) in [6.07, 6.45) is 0. The maximum absolute atomic E-state index is 14.4. The summed E-state index contributed by atoms with van der Waals surface area (Å²) in [4.78, 5) is -0.570. The Kier molecular flexibility index (Phi) is 17.2. The summed E-state index contributed by atoms with van der Waals surface area (Å²) >= 11 is 1.33. The summed E-state index contributed by atoms with van der Waals surface area (Å²) < 4.78 is 76.4. The first-order valence-electron chi connectivity index (χ1n) is 12.1. The number of allylic oxidation sites excluding steroid dienone is 1. The standard InChI is InChI=1S/C20H42O10P4S/c1-9-23-31(24-10-2)19-17(33(21,27-13-5)28-14-6)18(34(22,29-15-7)30-16-8)20(35-19)32(25-11-3)26-12-4/h17,19H,9-16H2,1-8H3/t17-,19-/m1/s1. The van der Waals surface area contributed by atoms with Crippen LogP contribution in [-0.4, -0.2) is 63.5 Å². The van der Waals surface area contributed by atoms with Gasteiger partial charge in [-0.05, 0) is 55.4 Å². The molecule has 0 saturated heterocycles. The van der Waals surface area contributed by atoms with Gasteiger partial charge >= 0.3 is 15.2 Å². The van der Waals surface area contributed by atoms with E-state index in [1.807, 2.05) is 27.7 Å². The Morgan fingerprint density at radius 2 is 1.09 bits per heavy atom. The van der Waals surface area contributed by atoms with Crippen LogP contribution in [0.3, 0.4) is 0 Å². The summed E-state index contributed by atoms with van der Waals surface area (Å²) in [5.74, 6) is 0. The SMILES string of the molecule is CCOP(OCC)C1=C(P(=O)(OCC)OCC)[C@@H](P(=O)(OCC)OCC)[C@H](P(OCC)OCC)S1. The third kappa shape index (κ3) is 9.07. The predicted molar refractivity (Wildman–Crippen MR) is 144 cm³/mol. The van der Waals surface area contributed by atoms with Gasteiger partial charge in [-0.1, -0.05) is 0 Å². The van der Waals surface area contributed by atoms with Gasteiger partial charge in [-0.3, -0.25) is 9.13 Å². The third-order valence-corrected chi connectivity index (χ3v) is 15.8. The molecule has 1 aliphatic heterocycles. The number of hydrogen-bond donors (Lipinski definition) is 0. The molecule has 0 bridgehead atoms. The van der Waals surface area contributed by atoms with Crippen LogP contribution in [0.25, 0.3) is 0 Å². The fourth-order valence-electron chi connectivity index (χ4n) is 3.28. The molecule has 1 heterocycles. The van der Waals surface area contributed by atoms with E-state index in [2.05, 4.69) is 0 Å². The van der Waals surface area contributed by atoms with Crippen LogP contribution in [0.2, 0.25) is 0 Å². The average Bonchev–Trinajstić information content (AvgIpc) is 3.22. The van der Waals surface area contributed by atoms with Crippen LogP contribution >= 0.6 is 43.7 Å². The van der Waals surface area contributed by atoms with Gasteiger partial charge in [-0.2, -0.15) is 0 Å². The Morgan fingerprint density at radius 1 is 0.657 bits per heavy atom. The second-order valence-corrected chi connectivity index (χ2v) is 15.6. The monoisotopic (exact) mass is 598 g/mol. The molecule has 0 saturated carbocycles. The Morgan fingerprint density at radius 3 is 1.46 bits per heavy atom. The maximum atomic E-state index is 14.4. The van der Waals surface area contributed by atoms with Crippen LogP contribution in [0.1, 0.15) is 55.4 Å². The molecule has 2 atom stereocenters. The first-order valence-corrected chi connectivity index (χ1v) is 18.5. The lowest BCUT2D eigenvalue weighted by Crippen LogP contribution is -2.25. The Bertz CT molecular complexity index is 709. The van der Waals surface area contributed by atoms with E-state index in [1.54, 1.807) is 27.7 Å². The van der Waals surface area contributed by atoms with Gasteiger partial charge in [0.25, 0.3) is 0 Å². The highest BCUT2D eigenvalue weighted by molar-refractivity contribution is 8.14. The van der Waals surface area contributed by atoms with Gasteiger partial charge < -0.3 is 36.2 Å². The quantitative estimate of drug-likeness (QED) is 0.128.